The Labute approximate surface area is 164 Å². The van der Waals surface area contributed by atoms with E-state index in [1.165, 1.54) is 46.1 Å². The molecule has 132 valence electrons. The highest BCUT2D eigenvalue weighted by atomic mass is 79.9. The summed E-state index contributed by atoms with van der Waals surface area (Å²) in [5.74, 6) is 0. The minimum absolute atomic E-state index is 0. The summed E-state index contributed by atoms with van der Waals surface area (Å²) < 4.78 is 2.43. The number of hydrogen-bond acceptors (Lipinski definition) is 2. The fourth-order valence-electron chi connectivity index (χ4n) is 3.98. The van der Waals surface area contributed by atoms with Crippen LogP contribution >= 0.6 is 28.3 Å². The highest BCUT2D eigenvalue weighted by Crippen LogP contribution is 2.49. The fraction of sp³-hybridized carbons (Fsp3) is 0.381. The van der Waals surface area contributed by atoms with Gasteiger partial charge in [0, 0.05) is 29.6 Å². The predicted molar refractivity (Wildman–Crippen MR) is 113 cm³/mol. The molecule has 0 N–H and O–H groups in total. The van der Waals surface area contributed by atoms with Crippen LogP contribution in [0.25, 0.3) is 10.8 Å². The first-order valence-corrected chi connectivity index (χ1v) is 9.85. The minimum atomic E-state index is 0. The molecule has 1 saturated carbocycles. The molecule has 0 radical (unpaired) electrons. The second-order valence-electron chi connectivity index (χ2n) is 6.62. The number of rotatable bonds is 4. The molecule has 4 rings (SSSR count). The molecule has 4 heteroatoms. The van der Waals surface area contributed by atoms with Gasteiger partial charge in [-0.15, -0.1) is 28.3 Å². The molecule has 3 aromatic rings. The Morgan fingerprint density at radius 1 is 1.08 bits per heavy atom. The number of benzene rings is 2. The molecule has 0 unspecified atom stereocenters. The Bertz CT molecular complexity index is 934. The van der Waals surface area contributed by atoms with E-state index in [0.29, 0.717) is 0 Å². The van der Waals surface area contributed by atoms with Crippen molar-refractivity contribution in [3.05, 3.63) is 63.9 Å². The second kappa shape index (κ2) is 7.46. The summed E-state index contributed by atoms with van der Waals surface area (Å²) in [5, 5.41) is 5.02. The van der Waals surface area contributed by atoms with Crippen molar-refractivity contribution in [2.24, 2.45) is 4.99 Å². The lowest BCUT2D eigenvalue weighted by Crippen LogP contribution is -2.39. The first-order chi connectivity index (χ1) is 11.8. The molecule has 0 spiro atoms. The van der Waals surface area contributed by atoms with Crippen LogP contribution in [0, 0.1) is 0 Å². The van der Waals surface area contributed by atoms with E-state index in [-0.39, 0.29) is 22.4 Å². The van der Waals surface area contributed by atoms with Gasteiger partial charge in [-0.1, -0.05) is 48.9 Å². The van der Waals surface area contributed by atoms with Gasteiger partial charge >= 0.3 is 0 Å². The van der Waals surface area contributed by atoms with Crippen LogP contribution in [0.2, 0.25) is 0 Å². The average Bonchev–Trinajstić information content (AvgIpc) is 2.97. The van der Waals surface area contributed by atoms with Gasteiger partial charge in [0.25, 0.3) is 0 Å². The average molecular weight is 417 g/mol. The Morgan fingerprint density at radius 3 is 2.48 bits per heavy atom. The molecule has 0 bridgehead atoms. The third kappa shape index (κ3) is 3.00. The van der Waals surface area contributed by atoms with Gasteiger partial charge in [-0.3, -0.25) is 4.99 Å². The van der Waals surface area contributed by atoms with Crippen molar-refractivity contribution >= 4 is 39.1 Å². The van der Waals surface area contributed by atoms with Gasteiger partial charge in [-0.25, -0.2) is 0 Å². The Morgan fingerprint density at radius 2 is 1.84 bits per heavy atom. The predicted octanol–water partition coefficient (Wildman–Crippen LogP) is 5.69. The molecular weight excluding hydrogens is 392 g/mol. The molecule has 25 heavy (non-hydrogen) atoms. The number of nitrogens with zero attached hydrogens (tertiary/aromatic N) is 2. The van der Waals surface area contributed by atoms with Crippen molar-refractivity contribution in [2.75, 3.05) is 6.54 Å². The number of halogens is 1. The van der Waals surface area contributed by atoms with Gasteiger partial charge in [0.15, 0.2) is 4.80 Å². The van der Waals surface area contributed by atoms with Crippen molar-refractivity contribution in [2.45, 2.75) is 45.1 Å². The SMILES string of the molecule is Br.CCN=c1scc(C2(c3ccc4ccccc4c3)CCC2)n1CC. The zero-order chi connectivity index (χ0) is 16.6. The Hall–Kier alpha value is -1.39. The Balaban J connectivity index is 0.00000182. The lowest BCUT2D eigenvalue weighted by molar-refractivity contribution is 0.283. The van der Waals surface area contributed by atoms with Gasteiger partial charge in [0.05, 0.1) is 0 Å². The molecule has 0 amide bonds. The molecular formula is C21H25BrN2S. The summed E-state index contributed by atoms with van der Waals surface area (Å²) in [5.41, 5.74) is 3.11. The van der Waals surface area contributed by atoms with Crippen LogP contribution in [-0.4, -0.2) is 11.1 Å². The van der Waals surface area contributed by atoms with Crippen LogP contribution in [-0.2, 0) is 12.0 Å². The summed E-state index contributed by atoms with van der Waals surface area (Å²) in [6, 6.07) is 15.7. The monoisotopic (exact) mass is 416 g/mol. The normalized spacial score (nSPS) is 16.5. The second-order valence-corrected chi connectivity index (χ2v) is 7.46. The maximum atomic E-state index is 4.70. The first-order valence-electron chi connectivity index (χ1n) is 8.97. The number of thiazole rings is 1. The zero-order valence-electron chi connectivity index (χ0n) is 14.9. The van der Waals surface area contributed by atoms with Crippen molar-refractivity contribution in [3.63, 3.8) is 0 Å². The molecule has 1 aliphatic carbocycles. The summed E-state index contributed by atoms with van der Waals surface area (Å²) >= 11 is 1.80. The highest BCUT2D eigenvalue weighted by Gasteiger charge is 2.42. The van der Waals surface area contributed by atoms with Crippen LogP contribution in [0.4, 0.5) is 0 Å². The van der Waals surface area contributed by atoms with Crippen molar-refractivity contribution in [1.82, 2.24) is 4.57 Å². The third-order valence-electron chi connectivity index (χ3n) is 5.41. The molecule has 1 heterocycles. The topological polar surface area (TPSA) is 17.3 Å². The highest BCUT2D eigenvalue weighted by molar-refractivity contribution is 8.93. The van der Waals surface area contributed by atoms with Gasteiger partial charge in [-0.2, -0.15) is 0 Å². The lowest BCUT2D eigenvalue weighted by Gasteiger charge is -2.43. The van der Waals surface area contributed by atoms with E-state index in [4.69, 9.17) is 4.99 Å². The summed E-state index contributed by atoms with van der Waals surface area (Å²) in [7, 11) is 0. The van der Waals surface area contributed by atoms with Crippen LogP contribution in [0.15, 0.2) is 52.8 Å². The van der Waals surface area contributed by atoms with Gasteiger partial charge in [0.2, 0.25) is 0 Å². The van der Waals surface area contributed by atoms with Gasteiger partial charge in [0.1, 0.15) is 0 Å². The molecule has 1 aromatic heterocycles. The van der Waals surface area contributed by atoms with Crippen molar-refractivity contribution < 1.29 is 0 Å². The van der Waals surface area contributed by atoms with E-state index < -0.39 is 0 Å². The maximum Gasteiger partial charge on any atom is 0.184 e. The van der Waals surface area contributed by atoms with E-state index >= 15 is 0 Å². The summed E-state index contributed by atoms with van der Waals surface area (Å²) in [6.07, 6.45) is 3.80. The largest absolute Gasteiger partial charge is 0.320 e. The Kier molecular flexibility index (Phi) is 5.49. The number of fused-ring (bicyclic) bond motifs is 1. The van der Waals surface area contributed by atoms with E-state index in [2.05, 4.69) is 66.3 Å². The van der Waals surface area contributed by atoms with Crippen molar-refractivity contribution in [1.29, 1.82) is 0 Å². The maximum absolute atomic E-state index is 4.70. The van der Waals surface area contributed by atoms with E-state index in [0.717, 1.165) is 13.1 Å². The minimum Gasteiger partial charge on any atom is -0.320 e. The van der Waals surface area contributed by atoms with Crippen LogP contribution in [0.1, 0.15) is 44.4 Å². The van der Waals surface area contributed by atoms with Crippen LogP contribution < -0.4 is 4.80 Å². The third-order valence-corrected chi connectivity index (χ3v) is 6.31. The van der Waals surface area contributed by atoms with E-state index in [1.807, 2.05) is 0 Å². The summed E-state index contributed by atoms with van der Waals surface area (Å²) in [6.45, 7) is 6.19. The lowest BCUT2D eigenvalue weighted by atomic mass is 9.62. The molecule has 2 nitrogen and oxygen atoms in total. The molecule has 0 atom stereocenters. The molecule has 0 aliphatic heterocycles. The fourth-order valence-corrected chi connectivity index (χ4v) is 5.11. The molecule has 0 saturated heterocycles. The zero-order valence-corrected chi connectivity index (χ0v) is 17.4. The van der Waals surface area contributed by atoms with E-state index in [1.54, 1.807) is 11.3 Å². The molecule has 1 fully saturated rings. The van der Waals surface area contributed by atoms with E-state index in [9.17, 15) is 0 Å². The quantitative estimate of drug-likeness (QED) is 0.519. The smallest absolute Gasteiger partial charge is 0.184 e. The van der Waals surface area contributed by atoms with Gasteiger partial charge < -0.3 is 4.57 Å². The molecule has 1 aliphatic rings. The van der Waals surface area contributed by atoms with Gasteiger partial charge in [-0.05, 0) is 43.0 Å². The molecule has 2 aromatic carbocycles. The van der Waals surface area contributed by atoms with Crippen LogP contribution in [0.3, 0.4) is 0 Å². The number of aromatic nitrogens is 1. The van der Waals surface area contributed by atoms with Crippen molar-refractivity contribution in [3.8, 4) is 0 Å². The first kappa shape index (κ1) is 18.4. The summed E-state index contributed by atoms with van der Waals surface area (Å²) in [4.78, 5) is 5.86. The number of hydrogen-bond donors (Lipinski definition) is 0. The standard InChI is InChI=1S/C21H24N2S.BrH/c1-3-22-20-23(4-2)19(15-24-20)21(12-7-13-21)18-11-10-16-8-5-6-9-17(16)14-18;/h5-6,8-11,14-15H,3-4,7,12-13H2,1-2H3;1H. The van der Waals surface area contributed by atoms with Crippen LogP contribution in [0.5, 0.6) is 0 Å².